The fourth-order valence-electron chi connectivity index (χ4n) is 4.10. The normalized spacial score (nSPS) is 14.3. The van der Waals surface area contributed by atoms with Crippen molar-refractivity contribution in [1.29, 1.82) is 0 Å². The number of hydrogen-bond donors (Lipinski definition) is 2. The number of carboxylic acid groups (broad SMARTS) is 1. The first-order valence-electron chi connectivity index (χ1n) is 10.8. The highest BCUT2D eigenvalue weighted by Crippen LogP contribution is 2.39. The Bertz CT molecular complexity index is 1590. The van der Waals surface area contributed by atoms with Gasteiger partial charge in [0.05, 0.1) is 11.6 Å². The molecule has 0 spiro atoms. The second-order valence-corrected chi connectivity index (χ2v) is 8.44. The van der Waals surface area contributed by atoms with Gasteiger partial charge in [-0.1, -0.05) is 49.0 Å². The molecule has 0 aliphatic heterocycles. The van der Waals surface area contributed by atoms with Crippen LogP contribution in [0.4, 0.5) is 4.79 Å². The summed E-state index contributed by atoms with van der Waals surface area (Å²) in [4.78, 5) is 34.9. The van der Waals surface area contributed by atoms with Crippen molar-refractivity contribution in [3.8, 4) is 5.88 Å². The van der Waals surface area contributed by atoms with Gasteiger partial charge in [0.1, 0.15) is 11.2 Å². The zero-order chi connectivity index (χ0) is 24.7. The smallest absolute Gasteiger partial charge is 0.449 e. The van der Waals surface area contributed by atoms with Crippen LogP contribution < -0.4 is 10.4 Å². The minimum absolute atomic E-state index is 0.0709. The van der Waals surface area contributed by atoms with Crippen molar-refractivity contribution in [2.24, 2.45) is 0 Å². The van der Waals surface area contributed by atoms with Crippen LogP contribution in [0.25, 0.3) is 12.2 Å². The molecule has 4 aromatic rings. The summed E-state index contributed by atoms with van der Waals surface area (Å²) in [7, 11) is 0. The Morgan fingerprint density at radius 2 is 2.09 bits per heavy atom. The minimum Gasteiger partial charge on any atom is -0.449 e. The molecule has 3 heterocycles. The number of oxazole rings is 2. The third kappa shape index (κ3) is 4.33. The molecule has 3 aromatic heterocycles. The van der Waals surface area contributed by atoms with Crippen molar-refractivity contribution in [1.82, 2.24) is 19.5 Å². The number of nitrogens with zero attached hydrogens (tertiary/aromatic N) is 3. The topological polar surface area (TPSA) is 136 Å². The summed E-state index contributed by atoms with van der Waals surface area (Å²) in [5.41, 5.74) is 3.96. The Labute approximate surface area is 203 Å². The van der Waals surface area contributed by atoms with Gasteiger partial charge in [-0.15, -0.1) is 0 Å². The lowest BCUT2D eigenvalue weighted by Gasteiger charge is -2.19. The van der Waals surface area contributed by atoms with Gasteiger partial charge in [0.25, 0.3) is 5.88 Å². The van der Waals surface area contributed by atoms with Gasteiger partial charge in [-0.25, -0.2) is 14.6 Å². The van der Waals surface area contributed by atoms with Gasteiger partial charge in [0.2, 0.25) is 5.89 Å². The van der Waals surface area contributed by atoms with Crippen molar-refractivity contribution in [3.63, 3.8) is 0 Å². The molecule has 178 valence electrons. The molecule has 0 fully saturated rings. The highest BCUT2D eigenvalue weighted by atomic mass is 32.1. The lowest BCUT2D eigenvalue weighted by molar-refractivity contribution is 0.142. The molecule has 1 aliphatic rings. The maximum absolute atomic E-state index is 12.7. The number of nitrogens with one attached hydrogen (secondary N) is 1. The van der Waals surface area contributed by atoms with Crippen LogP contribution in [0, 0.1) is 11.6 Å². The first-order valence-corrected chi connectivity index (χ1v) is 11.2. The quantitative estimate of drug-likeness (QED) is 0.268. The molecule has 1 unspecified atom stereocenters. The summed E-state index contributed by atoms with van der Waals surface area (Å²) in [6, 6.07) is 6.12. The van der Waals surface area contributed by atoms with Crippen LogP contribution in [0.2, 0.25) is 0 Å². The fraction of sp³-hybridized carbons (Fsp3) is 0.208. The van der Waals surface area contributed by atoms with Crippen LogP contribution in [0.1, 0.15) is 58.3 Å². The van der Waals surface area contributed by atoms with E-state index in [1.807, 2.05) is 38.1 Å². The van der Waals surface area contributed by atoms with Gasteiger partial charge in [-0.3, -0.25) is 9.55 Å². The van der Waals surface area contributed by atoms with Crippen LogP contribution in [-0.4, -0.2) is 30.8 Å². The molecule has 0 bridgehead atoms. The number of H-pyrrole nitrogens is 1. The lowest BCUT2D eigenvalue weighted by atomic mass is 9.87. The molecule has 35 heavy (non-hydrogen) atoms. The number of fused-ring (bicyclic) bond motifs is 2. The second-order valence-electron chi connectivity index (χ2n) is 8.03. The predicted molar refractivity (Wildman–Crippen MR) is 127 cm³/mol. The Morgan fingerprint density at radius 3 is 2.86 bits per heavy atom. The molecule has 0 amide bonds. The molecule has 1 aliphatic carbocycles. The number of rotatable bonds is 5. The number of carbonyl (C=O) groups is 1. The highest BCUT2D eigenvalue weighted by Gasteiger charge is 2.30. The maximum Gasteiger partial charge on any atom is 0.512 e. The summed E-state index contributed by atoms with van der Waals surface area (Å²) in [6.45, 7) is 3.91. The molecule has 0 saturated carbocycles. The zero-order valence-corrected chi connectivity index (χ0v) is 19.6. The first-order chi connectivity index (χ1) is 16.8. The molecule has 2 N–H and O–H groups in total. The first kappa shape index (κ1) is 22.5. The van der Waals surface area contributed by atoms with E-state index in [0.717, 1.165) is 23.0 Å². The molecule has 0 saturated heterocycles. The number of aromatic amines is 1. The van der Waals surface area contributed by atoms with E-state index in [1.165, 1.54) is 4.57 Å². The van der Waals surface area contributed by atoms with Crippen LogP contribution >= 0.6 is 12.2 Å². The number of aromatic nitrogens is 4. The van der Waals surface area contributed by atoms with E-state index in [4.69, 9.17) is 31.1 Å². The highest BCUT2D eigenvalue weighted by molar-refractivity contribution is 7.71. The summed E-state index contributed by atoms with van der Waals surface area (Å²) in [5.74, 6) is 0.716. The van der Waals surface area contributed by atoms with Gasteiger partial charge in [0, 0.05) is 18.2 Å². The van der Waals surface area contributed by atoms with Gasteiger partial charge in [-0.2, -0.15) is 4.98 Å². The third-order valence-electron chi connectivity index (χ3n) is 5.65. The Hall–Kier alpha value is -4.25. The van der Waals surface area contributed by atoms with E-state index in [0.29, 0.717) is 29.3 Å². The number of hydrogen-bond acceptors (Lipinski definition) is 8. The second kappa shape index (κ2) is 8.84. The SMILES string of the molecule is CCc1nc2c(o1)C=Cc1cc(C)ccc1C2c1cn(Cc2nc(OC(=O)O)co2)c(=O)[nH]c1=S. The Morgan fingerprint density at radius 1 is 1.26 bits per heavy atom. The zero-order valence-electron chi connectivity index (χ0n) is 18.8. The molecule has 10 nitrogen and oxygen atoms in total. The van der Waals surface area contributed by atoms with Crippen LogP contribution in [0.5, 0.6) is 5.88 Å². The van der Waals surface area contributed by atoms with Gasteiger partial charge >= 0.3 is 11.8 Å². The molecule has 5 rings (SSSR count). The standard InChI is InChI=1S/C24H20N4O6S/c1-3-17-26-21-16(33-17)7-5-13-8-12(2)4-6-14(13)20(21)15-9-28(23(29)27-22(15)35)10-18-25-19(11-32-18)34-24(30)31/h4-9,11,20H,3,10H2,1-2H3,(H,30,31)(H,27,29,35). The molecule has 1 aromatic carbocycles. The molecule has 11 heteroatoms. The largest absolute Gasteiger partial charge is 0.512 e. The average molecular weight is 493 g/mol. The van der Waals surface area contributed by atoms with E-state index in [9.17, 15) is 9.59 Å². The summed E-state index contributed by atoms with van der Waals surface area (Å²) >= 11 is 5.59. The van der Waals surface area contributed by atoms with Crippen LogP contribution in [-0.2, 0) is 13.0 Å². The van der Waals surface area contributed by atoms with Crippen LogP contribution in [0.3, 0.4) is 0 Å². The maximum atomic E-state index is 12.7. The monoisotopic (exact) mass is 492 g/mol. The van der Waals surface area contributed by atoms with E-state index in [2.05, 4.69) is 20.8 Å². The summed E-state index contributed by atoms with van der Waals surface area (Å²) < 4.78 is 17.4. The van der Waals surface area contributed by atoms with E-state index in [1.54, 1.807) is 6.20 Å². The number of benzene rings is 1. The van der Waals surface area contributed by atoms with Crippen molar-refractivity contribution < 1.29 is 23.5 Å². The molecular formula is C24H20N4O6S. The van der Waals surface area contributed by atoms with E-state index in [-0.39, 0.29) is 23.0 Å². The van der Waals surface area contributed by atoms with Gasteiger partial charge in [-0.05, 0) is 24.1 Å². The Balaban J connectivity index is 1.64. The van der Waals surface area contributed by atoms with E-state index >= 15 is 0 Å². The predicted octanol–water partition coefficient (Wildman–Crippen LogP) is 4.52. The third-order valence-corrected chi connectivity index (χ3v) is 5.98. The molecular weight excluding hydrogens is 472 g/mol. The fourth-order valence-corrected chi connectivity index (χ4v) is 4.35. The van der Waals surface area contributed by atoms with E-state index < -0.39 is 17.8 Å². The number of ether oxygens (including phenoxy) is 1. The molecule has 1 atom stereocenters. The number of aryl methyl sites for hydroxylation is 2. The molecule has 0 radical (unpaired) electrons. The van der Waals surface area contributed by atoms with Crippen molar-refractivity contribution in [2.75, 3.05) is 0 Å². The van der Waals surface area contributed by atoms with Crippen LogP contribution in [0.15, 0.2) is 44.3 Å². The van der Waals surface area contributed by atoms with Gasteiger partial charge < -0.3 is 18.7 Å². The summed E-state index contributed by atoms with van der Waals surface area (Å²) in [5, 5.41) is 8.75. The van der Waals surface area contributed by atoms with Crippen molar-refractivity contribution >= 4 is 30.5 Å². The minimum atomic E-state index is -1.51. The Kier molecular flexibility index (Phi) is 5.69. The van der Waals surface area contributed by atoms with Crippen molar-refractivity contribution in [2.45, 2.75) is 32.7 Å². The lowest BCUT2D eigenvalue weighted by Crippen LogP contribution is -2.25. The van der Waals surface area contributed by atoms with Gasteiger partial charge in [0.15, 0.2) is 17.9 Å². The summed E-state index contributed by atoms with van der Waals surface area (Å²) in [6.07, 6.45) is 5.71. The average Bonchev–Trinajstić information content (AvgIpc) is 3.39. The van der Waals surface area contributed by atoms with Crippen molar-refractivity contribution in [3.05, 3.63) is 91.3 Å².